The Hall–Kier alpha value is -1.87. The molecule has 88 valence electrons. The smallest absolute Gasteiger partial charge is 0.212 e. The standard InChI is InChI=1S/C14H15NO2/c1-16-10-11-3-5-12(6-4-11)13-7-8-14(17-2)15-9-13/h3-9H,10H2,1-2H3. The van der Waals surface area contributed by atoms with Crippen LogP contribution in [0.5, 0.6) is 5.88 Å². The van der Waals surface area contributed by atoms with E-state index < -0.39 is 0 Å². The van der Waals surface area contributed by atoms with E-state index in [-0.39, 0.29) is 0 Å². The first-order valence-corrected chi connectivity index (χ1v) is 5.42. The molecule has 0 unspecified atom stereocenters. The van der Waals surface area contributed by atoms with Gasteiger partial charge in [0.05, 0.1) is 13.7 Å². The van der Waals surface area contributed by atoms with Crippen LogP contribution in [0.3, 0.4) is 0 Å². The zero-order valence-corrected chi connectivity index (χ0v) is 10.0. The van der Waals surface area contributed by atoms with E-state index in [4.69, 9.17) is 9.47 Å². The van der Waals surface area contributed by atoms with Crippen molar-refractivity contribution in [2.75, 3.05) is 14.2 Å². The summed E-state index contributed by atoms with van der Waals surface area (Å²) < 4.78 is 10.1. The Labute approximate surface area is 101 Å². The van der Waals surface area contributed by atoms with E-state index in [9.17, 15) is 0 Å². The lowest BCUT2D eigenvalue weighted by Gasteiger charge is -2.04. The minimum atomic E-state index is 0.629. The van der Waals surface area contributed by atoms with Crippen LogP contribution in [0.4, 0.5) is 0 Å². The lowest BCUT2D eigenvalue weighted by Crippen LogP contribution is -1.89. The van der Waals surface area contributed by atoms with Gasteiger partial charge in [0.25, 0.3) is 0 Å². The van der Waals surface area contributed by atoms with Gasteiger partial charge in [-0.25, -0.2) is 4.98 Å². The van der Waals surface area contributed by atoms with Crippen LogP contribution >= 0.6 is 0 Å². The molecule has 0 aliphatic rings. The van der Waals surface area contributed by atoms with Crippen LogP contribution in [-0.2, 0) is 11.3 Å². The number of rotatable bonds is 4. The molecular formula is C14H15NO2. The monoisotopic (exact) mass is 229 g/mol. The molecule has 0 atom stereocenters. The minimum Gasteiger partial charge on any atom is -0.481 e. The van der Waals surface area contributed by atoms with Crippen molar-refractivity contribution >= 4 is 0 Å². The van der Waals surface area contributed by atoms with Crippen molar-refractivity contribution in [3.8, 4) is 17.0 Å². The summed E-state index contributed by atoms with van der Waals surface area (Å²) in [4.78, 5) is 4.19. The summed E-state index contributed by atoms with van der Waals surface area (Å²) in [6.07, 6.45) is 1.81. The van der Waals surface area contributed by atoms with Gasteiger partial charge in [-0.2, -0.15) is 0 Å². The van der Waals surface area contributed by atoms with E-state index in [1.165, 1.54) is 0 Å². The van der Waals surface area contributed by atoms with Gasteiger partial charge in [-0.3, -0.25) is 0 Å². The van der Waals surface area contributed by atoms with E-state index in [2.05, 4.69) is 29.2 Å². The predicted octanol–water partition coefficient (Wildman–Crippen LogP) is 2.90. The maximum atomic E-state index is 5.07. The fraction of sp³-hybridized carbons (Fsp3) is 0.214. The van der Waals surface area contributed by atoms with Gasteiger partial charge in [0, 0.05) is 24.9 Å². The van der Waals surface area contributed by atoms with Crippen molar-refractivity contribution < 1.29 is 9.47 Å². The number of pyridine rings is 1. The Balaban J connectivity index is 2.20. The number of benzene rings is 1. The first-order valence-electron chi connectivity index (χ1n) is 5.42. The molecule has 0 bridgehead atoms. The molecule has 0 saturated carbocycles. The molecule has 17 heavy (non-hydrogen) atoms. The predicted molar refractivity (Wildman–Crippen MR) is 66.9 cm³/mol. The molecule has 0 spiro atoms. The molecule has 0 N–H and O–H groups in total. The Bertz CT molecular complexity index is 463. The van der Waals surface area contributed by atoms with Gasteiger partial charge in [-0.15, -0.1) is 0 Å². The van der Waals surface area contributed by atoms with Crippen LogP contribution in [0.2, 0.25) is 0 Å². The Morgan fingerprint density at radius 3 is 2.18 bits per heavy atom. The zero-order valence-electron chi connectivity index (χ0n) is 10.0. The van der Waals surface area contributed by atoms with E-state index >= 15 is 0 Å². The second-order valence-corrected chi connectivity index (χ2v) is 3.72. The second-order valence-electron chi connectivity index (χ2n) is 3.72. The summed E-state index contributed by atoms with van der Waals surface area (Å²) in [6, 6.07) is 12.1. The van der Waals surface area contributed by atoms with Gasteiger partial charge in [0.2, 0.25) is 5.88 Å². The van der Waals surface area contributed by atoms with Crippen molar-refractivity contribution in [3.05, 3.63) is 48.2 Å². The molecule has 1 heterocycles. The normalized spacial score (nSPS) is 10.2. The zero-order chi connectivity index (χ0) is 12.1. The summed E-state index contributed by atoms with van der Waals surface area (Å²) >= 11 is 0. The molecule has 3 heteroatoms. The molecule has 1 aromatic carbocycles. The van der Waals surface area contributed by atoms with Crippen LogP contribution in [0, 0.1) is 0 Å². The van der Waals surface area contributed by atoms with Crippen molar-refractivity contribution in [1.82, 2.24) is 4.98 Å². The maximum absolute atomic E-state index is 5.07. The lowest BCUT2D eigenvalue weighted by atomic mass is 10.1. The molecule has 0 amide bonds. The molecule has 0 fully saturated rings. The van der Waals surface area contributed by atoms with Gasteiger partial charge < -0.3 is 9.47 Å². The third kappa shape index (κ3) is 2.82. The molecule has 0 aliphatic carbocycles. The topological polar surface area (TPSA) is 31.4 Å². The third-order valence-corrected chi connectivity index (χ3v) is 2.54. The van der Waals surface area contributed by atoms with Gasteiger partial charge in [-0.05, 0) is 17.2 Å². The first kappa shape index (κ1) is 11.6. The number of ether oxygens (including phenoxy) is 2. The molecule has 0 saturated heterocycles. The molecule has 1 aromatic heterocycles. The summed E-state index contributed by atoms with van der Waals surface area (Å²) in [5.41, 5.74) is 3.38. The van der Waals surface area contributed by atoms with Crippen LogP contribution in [0.15, 0.2) is 42.6 Å². The molecule has 2 aromatic rings. The van der Waals surface area contributed by atoms with Gasteiger partial charge >= 0.3 is 0 Å². The fourth-order valence-electron chi connectivity index (χ4n) is 1.63. The quantitative estimate of drug-likeness (QED) is 0.807. The Morgan fingerprint density at radius 1 is 0.941 bits per heavy atom. The largest absolute Gasteiger partial charge is 0.481 e. The summed E-state index contributed by atoms with van der Waals surface area (Å²) in [5.74, 6) is 0.629. The second kappa shape index (κ2) is 5.46. The minimum absolute atomic E-state index is 0.629. The Morgan fingerprint density at radius 2 is 1.65 bits per heavy atom. The molecule has 0 aliphatic heterocycles. The SMILES string of the molecule is COCc1ccc(-c2ccc(OC)nc2)cc1. The molecule has 2 rings (SSSR count). The highest BCUT2D eigenvalue weighted by molar-refractivity contribution is 5.62. The van der Waals surface area contributed by atoms with Crippen LogP contribution in [0.1, 0.15) is 5.56 Å². The average Bonchev–Trinajstić information content (AvgIpc) is 2.40. The van der Waals surface area contributed by atoms with Crippen LogP contribution in [-0.4, -0.2) is 19.2 Å². The van der Waals surface area contributed by atoms with Crippen LogP contribution < -0.4 is 4.74 Å². The highest BCUT2D eigenvalue weighted by Gasteiger charge is 1.99. The first-order chi connectivity index (χ1) is 8.33. The van der Waals surface area contributed by atoms with E-state index in [1.807, 2.05) is 18.3 Å². The van der Waals surface area contributed by atoms with Crippen LogP contribution in [0.25, 0.3) is 11.1 Å². The summed E-state index contributed by atoms with van der Waals surface area (Å²) in [5, 5.41) is 0. The maximum Gasteiger partial charge on any atom is 0.212 e. The molecule has 0 radical (unpaired) electrons. The number of hydrogen-bond acceptors (Lipinski definition) is 3. The van der Waals surface area contributed by atoms with Crippen molar-refractivity contribution in [2.45, 2.75) is 6.61 Å². The van der Waals surface area contributed by atoms with Crippen molar-refractivity contribution in [2.24, 2.45) is 0 Å². The van der Waals surface area contributed by atoms with Crippen molar-refractivity contribution in [3.63, 3.8) is 0 Å². The van der Waals surface area contributed by atoms with Crippen molar-refractivity contribution in [1.29, 1.82) is 0 Å². The third-order valence-electron chi connectivity index (χ3n) is 2.54. The highest BCUT2D eigenvalue weighted by Crippen LogP contribution is 2.20. The number of aromatic nitrogens is 1. The van der Waals surface area contributed by atoms with Gasteiger partial charge in [0.1, 0.15) is 0 Å². The van der Waals surface area contributed by atoms with E-state index in [0.29, 0.717) is 12.5 Å². The number of methoxy groups -OCH3 is 2. The summed E-state index contributed by atoms with van der Waals surface area (Å²) in [7, 11) is 3.31. The highest BCUT2D eigenvalue weighted by atomic mass is 16.5. The number of hydrogen-bond donors (Lipinski definition) is 0. The van der Waals surface area contributed by atoms with E-state index in [0.717, 1.165) is 16.7 Å². The van der Waals surface area contributed by atoms with Gasteiger partial charge in [-0.1, -0.05) is 24.3 Å². The number of nitrogens with zero attached hydrogens (tertiary/aromatic N) is 1. The Kier molecular flexibility index (Phi) is 3.73. The summed E-state index contributed by atoms with van der Waals surface area (Å²) in [6.45, 7) is 0.640. The van der Waals surface area contributed by atoms with Gasteiger partial charge in [0.15, 0.2) is 0 Å². The van der Waals surface area contributed by atoms with E-state index in [1.54, 1.807) is 14.2 Å². The lowest BCUT2D eigenvalue weighted by molar-refractivity contribution is 0.185. The fourth-order valence-corrected chi connectivity index (χ4v) is 1.63. The molecule has 3 nitrogen and oxygen atoms in total. The average molecular weight is 229 g/mol. The molecular weight excluding hydrogens is 214 g/mol.